The van der Waals surface area contributed by atoms with Crippen LogP contribution in [0.25, 0.3) is 10.8 Å². The first kappa shape index (κ1) is 31.4. The molecule has 0 spiro atoms. The van der Waals surface area contributed by atoms with Crippen molar-refractivity contribution < 1.29 is 27.4 Å². The molecule has 2 amide bonds. The number of hydrogen-bond donors (Lipinski definition) is 4. The lowest BCUT2D eigenvalue weighted by molar-refractivity contribution is 0.0799. The summed E-state index contributed by atoms with van der Waals surface area (Å²) in [6, 6.07) is 13.8. The molecule has 0 fully saturated rings. The van der Waals surface area contributed by atoms with Gasteiger partial charge < -0.3 is 24.8 Å². The van der Waals surface area contributed by atoms with Crippen LogP contribution >= 0.6 is 0 Å². The van der Waals surface area contributed by atoms with E-state index < -0.39 is 22.4 Å². The number of nitrogens with one attached hydrogen (secondary N) is 3. The molecule has 0 radical (unpaired) electrons. The zero-order valence-electron chi connectivity index (χ0n) is 25.2. The van der Waals surface area contributed by atoms with Gasteiger partial charge in [-0.15, -0.1) is 0 Å². The van der Waals surface area contributed by atoms with Gasteiger partial charge >= 0.3 is 12.1 Å². The fourth-order valence-electron chi connectivity index (χ4n) is 4.35. The number of urea groups is 1. The molecule has 43 heavy (non-hydrogen) atoms. The largest absolute Gasteiger partial charge is 0.492 e. The molecule has 5 N–H and O–H groups in total. The van der Waals surface area contributed by atoms with Crippen molar-refractivity contribution >= 4 is 55.7 Å². The molecule has 0 bridgehead atoms. The van der Waals surface area contributed by atoms with Crippen LogP contribution in [0.15, 0.2) is 58.5 Å². The van der Waals surface area contributed by atoms with E-state index >= 15 is 0 Å². The van der Waals surface area contributed by atoms with Gasteiger partial charge in [0.15, 0.2) is 5.75 Å². The van der Waals surface area contributed by atoms with E-state index in [2.05, 4.69) is 25.3 Å². The lowest BCUT2D eigenvalue weighted by Crippen LogP contribution is -2.49. The number of hydrazine groups is 1. The molecular formula is C29H37N7O6S. The van der Waals surface area contributed by atoms with Gasteiger partial charge in [-0.3, -0.25) is 4.72 Å². The molecule has 1 heterocycles. The molecular weight excluding hydrogens is 574 g/mol. The first-order valence-electron chi connectivity index (χ1n) is 13.5. The Hall–Kier alpha value is -4.56. The van der Waals surface area contributed by atoms with Crippen molar-refractivity contribution in [2.45, 2.75) is 46.4 Å². The molecule has 1 aliphatic rings. The van der Waals surface area contributed by atoms with E-state index in [1.807, 2.05) is 52.0 Å². The Bertz CT molecular complexity index is 1700. The number of nitrogens with two attached hydrogens (primary N) is 1. The second-order valence-corrected chi connectivity index (χ2v) is 12.6. The van der Waals surface area contributed by atoms with Crippen molar-refractivity contribution in [3.63, 3.8) is 0 Å². The topological polar surface area (TPSA) is 169 Å². The first-order chi connectivity index (χ1) is 20.2. The monoisotopic (exact) mass is 611 g/mol. The van der Waals surface area contributed by atoms with E-state index in [-0.39, 0.29) is 22.9 Å². The fraction of sp³-hybridized carbons (Fsp3) is 0.345. The number of rotatable bonds is 8. The molecule has 14 heteroatoms. The van der Waals surface area contributed by atoms with E-state index in [0.29, 0.717) is 40.3 Å². The van der Waals surface area contributed by atoms with Crippen molar-refractivity contribution in [1.29, 1.82) is 0 Å². The van der Waals surface area contributed by atoms with E-state index in [9.17, 15) is 13.2 Å². The Balaban J connectivity index is 1.64. The number of carbonyl (C=O) groups excluding carboxylic acids is 1. The number of amides is 2. The summed E-state index contributed by atoms with van der Waals surface area (Å²) >= 11 is 0. The summed E-state index contributed by atoms with van der Waals surface area (Å²) < 4.78 is 43.7. The third-order valence-electron chi connectivity index (χ3n) is 6.43. The van der Waals surface area contributed by atoms with Gasteiger partial charge in [0.25, 0.3) is 6.35 Å². The van der Waals surface area contributed by atoms with Gasteiger partial charge in [-0.25, -0.2) is 24.1 Å². The van der Waals surface area contributed by atoms with Crippen molar-refractivity contribution in [3.05, 3.63) is 54.1 Å². The van der Waals surface area contributed by atoms with E-state index in [0.717, 1.165) is 11.8 Å². The molecule has 1 atom stereocenters. The normalized spacial score (nSPS) is 15.3. The van der Waals surface area contributed by atoms with Crippen LogP contribution in [0.2, 0.25) is 0 Å². The molecule has 1 aliphatic heterocycles. The number of anilines is 3. The number of nitrogens with zero attached hydrogens (tertiary/aromatic N) is 3. The highest BCUT2D eigenvalue weighted by Crippen LogP contribution is 2.39. The maximum atomic E-state index is 13.3. The van der Waals surface area contributed by atoms with Crippen LogP contribution in [0.4, 0.5) is 21.9 Å². The van der Waals surface area contributed by atoms with Crippen LogP contribution in [0.5, 0.6) is 11.5 Å². The number of aliphatic imine (C=N–C) groups is 2. The number of sulfonamides is 1. The third-order valence-corrected chi connectivity index (χ3v) is 7.02. The van der Waals surface area contributed by atoms with Gasteiger partial charge in [0.05, 0.1) is 37.0 Å². The molecule has 13 nitrogen and oxygen atoms in total. The molecule has 1 unspecified atom stereocenters. The Labute approximate surface area is 251 Å². The smallest absolute Gasteiger partial charge is 0.323 e. The van der Waals surface area contributed by atoms with E-state index in [1.54, 1.807) is 31.2 Å². The highest BCUT2D eigenvalue weighted by atomic mass is 32.2. The van der Waals surface area contributed by atoms with Crippen molar-refractivity contribution in [2.24, 2.45) is 15.8 Å². The second-order valence-electron chi connectivity index (χ2n) is 10.8. The summed E-state index contributed by atoms with van der Waals surface area (Å²) in [6.07, 6.45) is 0.133. The first-order valence-corrected chi connectivity index (χ1v) is 15.4. The zero-order valence-corrected chi connectivity index (χ0v) is 26.0. The Morgan fingerprint density at radius 2 is 1.70 bits per heavy atom. The Morgan fingerprint density at radius 3 is 2.33 bits per heavy atom. The number of amidine groups is 2. The minimum Gasteiger partial charge on any atom is -0.492 e. The number of hydrogen-bond acceptors (Lipinski definition) is 10. The number of benzene rings is 3. The van der Waals surface area contributed by atoms with Crippen LogP contribution in [0.1, 0.15) is 40.2 Å². The van der Waals surface area contributed by atoms with Gasteiger partial charge in [-0.1, -0.05) is 45.0 Å². The van der Waals surface area contributed by atoms with Crippen LogP contribution < -0.4 is 30.7 Å². The van der Waals surface area contributed by atoms with Crippen molar-refractivity contribution in [3.8, 4) is 11.5 Å². The predicted molar refractivity (Wildman–Crippen MR) is 169 cm³/mol. The summed E-state index contributed by atoms with van der Waals surface area (Å²) in [4.78, 5) is 21.9. The summed E-state index contributed by atoms with van der Waals surface area (Å²) in [6.45, 7) is 9.88. The lowest BCUT2D eigenvalue weighted by Gasteiger charge is -2.29. The van der Waals surface area contributed by atoms with Gasteiger partial charge in [-0.2, -0.15) is 9.98 Å². The maximum absolute atomic E-state index is 13.3. The molecule has 3 aromatic carbocycles. The second kappa shape index (κ2) is 12.4. The van der Waals surface area contributed by atoms with Crippen LogP contribution in [0.3, 0.4) is 0 Å². The Morgan fingerprint density at radius 1 is 1.05 bits per heavy atom. The molecule has 0 saturated carbocycles. The summed E-state index contributed by atoms with van der Waals surface area (Å²) in [5.74, 6) is 7.28. The quantitative estimate of drug-likeness (QED) is 0.263. The van der Waals surface area contributed by atoms with Gasteiger partial charge in [-0.05, 0) is 49.1 Å². The maximum Gasteiger partial charge on any atom is 0.323 e. The number of carbonyl (C=O) groups is 1. The lowest BCUT2D eigenvalue weighted by atomic mass is 9.86. The fourth-order valence-corrected chi connectivity index (χ4v) is 4.90. The third kappa shape index (κ3) is 7.45. The van der Waals surface area contributed by atoms with Crippen LogP contribution in [-0.4, -0.2) is 57.6 Å². The van der Waals surface area contributed by atoms with E-state index in [1.165, 1.54) is 12.1 Å². The van der Waals surface area contributed by atoms with Gasteiger partial charge in [0, 0.05) is 10.8 Å². The minimum atomic E-state index is -3.62. The summed E-state index contributed by atoms with van der Waals surface area (Å²) in [5.41, 5.74) is 1.45. The summed E-state index contributed by atoms with van der Waals surface area (Å²) in [7, 11) is -2.22. The Kier molecular flexibility index (Phi) is 9.01. The van der Waals surface area contributed by atoms with Gasteiger partial charge in [0.2, 0.25) is 10.0 Å². The molecule has 3 aromatic rings. The molecule has 0 aliphatic carbocycles. The van der Waals surface area contributed by atoms with Crippen molar-refractivity contribution in [2.75, 3.05) is 35.3 Å². The summed E-state index contributed by atoms with van der Waals surface area (Å²) in [5, 5.41) is 8.39. The highest BCUT2D eigenvalue weighted by molar-refractivity contribution is 7.92. The average molecular weight is 612 g/mol. The number of methoxy groups -OCH3 is 1. The number of ether oxygens (including phenoxy) is 3. The highest BCUT2D eigenvalue weighted by Gasteiger charge is 2.26. The standard InChI is InChI=1S/C29H37N7O6S/c1-8-41-27-31-17(2)36(30)28(34-27)42-24-14-13-21(19-11-9-10-12-20(19)24)32-26(37)33-22-15-18(29(3,4)5)16-23(25(22)40-6)35-43(7,38)39/h9-16,28,35H,8,30H2,1-7H3,(H2,32,33,37). The van der Waals surface area contributed by atoms with Crippen molar-refractivity contribution in [1.82, 2.24) is 5.01 Å². The average Bonchev–Trinajstić information content (AvgIpc) is 2.91. The minimum absolute atomic E-state index is 0.173. The molecule has 0 saturated heterocycles. The van der Waals surface area contributed by atoms with Crippen LogP contribution in [-0.2, 0) is 20.2 Å². The predicted octanol–water partition coefficient (Wildman–Crippen LogP) is 4.82. The number of fused-ring (bicyclic) bond motifs is 1. The van der Waals surface area contributed by atoms with Gasteiger partial charge in [0.1, 0.15) is 11.6 Å². The zero-order chi connectivity index (χ0) is 31.5. The molecule has 0 aromatic heterocycles. The van der Waals surface area contributed by atoms with E-state index in [4.69, 9.17) is 20.1 Å². The SMILES string of the molecule is CCOC1=NC(Oc2ccc(NC(=O)Nc3cc(C(C)(C)C)cc(NS(C)(=O)=O)c3OC)c3ccccc23)N(N)C(C)=N1. The molecule has 4 rings (SSSR count). The van der Waals surface area contributed by atoms with Crippen LogP contribution in [0, 0.1) is 0 Å². The molecule has 230 valence electrons.